The van der Waals surface area contributed by atoms with E-state index in [2.05, 4.69) is 28.8 Å². The van der Waals surface area contributed by atoms with Gasteiger partial charge in [-0.25, -0.2) is 0 Å². The predicted molar refractivity (Wildman–Crippen MR) is 87.6 cm³/mol. The molecule has 0 bridgehead atoms. The molecular formula is C14H18N2S3. The number of benzene rings is 1. The minimum absolute atomic E-state index is 0.676. The standard InChI is InChI=1S/C14H18N2S3/c1-9-11(19-16-10-5-3-2-4-6-10)7-8-12-13(9)15-14(17)18-12/h7-8,10,16H,2-6H2,1H3,(H,15,17). The van der Waals surface area contributed by atoms with Crippen LogP contribution in [0, 0.1) is 10.9 Å². The SMILES string of the molecule is Cc1c(SNC2CCCCC2)ccc2sc(=S)[nH]c12. The van der Waals surface area contributed by atoms with E-state index in [1.54, 1.807) is 23.3 Å². The molecule has 0 amide bonds. The molecule has 1 aromatic carbocycles. The number of H-pyrrole nitrogens is 1. The third-order valence-corrected chi connectivity index (χ3v) is 6.06. The average Bonchev–Trinajstić information content (AvgIpc) is 2.81. The topological polar surface area (TPSA) is 27.8 Å². The van der Waals surface area contributed by atoms with Crippen LogP contribution in [0.3, 0.4) is 0 Å². The van der Waals surface area contributed by atoms with Gasteiger partial charge in [-0.15, -0.1) is 11.3 Å². The number of aromatic nitrogens is 1. The first kappa shape index (κ1) is 13.6. The highest BCUT2D eigenvalue weighted by molar-refractivity contribution is 7.97. The van der Waals surface area contributed by atoms with E-state index in [-0.39, 0.29) is 0 Å². The Morgan fingerprint density at radius 3 is 2.89 bits per heavy atom. The maximum atomic E-state index is 5.22. The van der Waals surface area contributed by atoms with Crippen molar-refractivity contribution < 1.29 is 0 Å². The summed E-state index contributed by atoms with van der Waals surface area (Å²) < 4.78 is 5.75. The van der Waals surface area contributed by atoms with Gasteiger partial charge < -0.3 is 4.98 Å². The Labute approximate surface area is 127 Å². The summed E-state index contributed by atoms with van der Waals surface area (Å²) in [5, 5.41) is 0. The number of fused-ring (bicyclic) bond motifs is 1. The van der Waals surface area contributed by atoms with Crippen molar-refractivity contribution >= 4 is 45.7 Å². The van der Waals surface area contributed by atoms with Crippen molar-refractivity contribution in [2.24, 2.45) is 0 Å². The Hall–Kier alpha value is -0.360. The van der Waals surface area contributed by atoms with Crippen LogP contribution >= 0.6 is 35.5 Å². The number of nitrogens with one attached hydrogen (secondary N) is 2. The van der Waals surface area contributed by atoms with Crippen molar-refractivity contribution in [3.05, 3.63) is 21.7 Å². The van der Waals surface area contributed by atoms with E-state index in [4.69, 9.17) is 12.2 Å². The van der Waals surface area contributed by atoms with E-state index in [0.717, 1.165) is 3.95 Å². The van der Waals surface area contributed by atoms with E-state index in [1.807, 2.05) is 0 Å². The molecule has 19 heavy (non-hydrogen) atoms. The lowest BCUT2D eigenvalue weighted by Crippen LogP contribution is -2.25. The zero-order valence-corrected chi connectivity index (χ0v) is 13.4. The molecule has 0 atom stereocenters. The van der Waals surface area contributed by atoms with Crippen LogP contribution in [0.15, 0.2) is 17.0 Å². The van der Waals surface area contributed by atoms with E-state index in [0.29, 0.717) is 6.04 Å². The van der Waals surface area contributed by atoms with Crippen molar-refractivity contribution in [3.63, 3.8) is 0 Å². The van der Waals surface area contributed by atoms with Gasteiger partial charge in [0.1, 0.15) is 0 Å². The molecule has 0 unspecified atom stereocenters. The van der Waals surface area contributed by atoms with Gasteiger partial charge in [0.05, 0.1) is 10.2 Å². The molecule has 1 fully saturated rings. The molecule has 2 nitrogen and oxygen atoms in total. The first-order valence-corrected chi connectivity index (χ1v) is 8.83. The Kier molecular flexibility index (Phi) is 4.27. The second kappa shape index (κ2) is 5.95. The summed E-state index contributed by atoms with van der Waals surface area (Å²) >= 11 is 8.65. The van der Waals surface area contributed by atoms with Crippen LogP contribution in [0.4, 0.5) is 0 Å². The summed E-state index contributed by atoms with van der Waals surface area (Å²) in [4.78, 5) is 4.60. The lowest BCUT2D eigenvalue weighted by molar-refractivity contribution is 0.423. The van der Waals surface area contributed by atoms with Crippen LogP contribution in [0.1, 0.15) is 37.7 Å². The zero-order chi connectivity index (χ0) is 13.2. The number of aryl methyl sites for hydroxylation is 1. The average molecular weight is 311 g/mol. The molecule has 0 radical (unpaired) electrons. The lowest BCUT2D eigenvalue weighted by atomic mass is 9.96. The second-order valence-corrected chi connectivity index (χ2v) is 7.73. The molecule has 0 saturated heterocycles. The van der Waals surface area contributed by atoms with Crippen LogP contribution in [-0.4, -0.2) is 11.0 Å². The predicted octanol–water partition coefficient (Wildman–Crippen LogP) is 5.20. The maximum Gasteiger partial charge on any atom is 0.159 e. The largest absolute Gasteiger partial charge is 0.337 e. The van der Waals surface area contributed by atoms with Gasteiger partial charge in [0, 0.05) is 10.9 Å². The van der Waals surface area contributed by atoms with E-state index >= 15 is 0 Å². The van der Waals surface area contributed by atoms with Crippen LogP contribution in [-0.2, 0) is 0 Å². The minimum Gasteiger partial charge on any atom is -0.337 e. The van der Waals surface area contributed by atoms with Gasteiger partial charge in [-0.1, -0.05) is 19.3 Å². The Morgan fingerprint density at radius 2 is 2.11 bits per heavy atom. The molecule has 0 aliphatic heterocycles. The van der Waals surface area contributed by atoms with Gasteiger partial charge in [0.15, 0.2) is 3.95 Å². The molecule has 2 aromatic rings. The van der Waals surface area contributed by atoms with Crippen molar-refractivity contribution in [1.29, 1.82) is 0 Å². The Morgan fingerprint density at radius 1 is 1.32 bits per heavy atom. The van der Waals surface area contributed by atoms with Crippen molar-refractivity contribution in [3.8, 4) is 0 Å². The summed E-state index contributed by atoms with van der Waals surface area (Å²) in [6.45, 7) is 2.17. The highest BCUT2D eigenvalue weighted by Crippen LogP contribution is 2.30. The summed E-state index contributed by atoms with van der Waals surface area (Å²) in [5.41, 5.74) is 2.50. The number of hydrogen-bond acceptors (Lipinski definition) is 4. The molecular weight excluding hydrogens is 292 g/mol. The van der Waals surface area contributed by atoms with Gasteiger partial charge >= 0.3 is 0 Å². The molecule has 5 heteroatoms. The number of hydrogen-bond donors (Lipinski definition) is 2. The number of aromatic amines is 1. The van der Waals surface area contributed by atoms with Gasteiger partial charge in [-0.05, 0) is 61.6 Å². The fourth-order valence-electron chi connectivity index (χ4n) is 2.61. The second-order valence-electron chi connectivity index (χ2n) is 5.13. The highest BCUT2D eigenvalue weighted by atomic mass is 32.2. The smallest absolute Gasteiger partial charge is 0.159 e. The number of thiazole rings is 1. The summed E-state index contributed by atoms with van der Waals surface area (Å²) in [6.07, 6.45) is 6.77. The molecule has 3 rings (SSSR count). The summed E-state index contributed by atoms with van der Waals surface area (Å²) in [7, 11) is 0. The lowest BCUT2D eigenvalue weighted by Gasteiger charge is -2.22. The first-order chi connectivity index (χ1) is 9.24. The van der Waals surface area contributed by atoms with Crippen LogP contribution in [0.25, 0.3) is 10.2 Å². The van der Waals surface area contributed by atoms with Gasteiger partial charge in [-0.2, -0.15) is 0 Å². The first-order valence-electron chi connectivity index (χ1n) is 6.79. The molecule has 1 heterocycles. The van der Waals surface area contributed by atoms with E-state index in [1.165, 1.54) is 52.8 Å². The third-order valence-electron chi connectivity index (χ3n) is 3.75. The number of rotatable bonds is 3. The summed E-state index contributed by atoms with van der Waals surface area (Å²) in [6, 6.07) is 5.05. The van der Waals surface area contributed by atoms with Crippen LogP contribution in [0.5, 0.6) is 0 Å². The van der Waals surface area contributed by atoms with Gasteiger partial charge in [0.25, 0.3) is 0 Å². The minimum atomic E-state index is 0.676. The van der Waals surface area contributed by atoms with Crippen molar-refractivity contribution in [2.75, 3.05) is 0 Å². The van der Waals surface area contributed by atoms with E-state index in [9.17, 15) is 0 Å². The monoisotopic (exact) mass is 310 g/mol. The third kappa shape index (κ3) is 3.05. The molecule has 0 spiro atoms. The molecule has 2 N–H and O–H groups in total. The normalized spacial score (nSPS) is 17.1. The maximum absolute atomic E-state index is 5.22. The molecule has 1 aliphatic rings. The van der Waals surface area contributed by atoms with Crippen molar-refractivity contribution in [2.45, 2.75) is 50.0 Å². The van der Waals surface area contributed by atoms with Crippen LogP contribution in [0.2, 0.25) is 0 Å². The van der Waals surface area contributed by atoms with Crippen LogP contribution < -0.4 is 4.72 Å². The van der Waals surface area contributed by atoms with Gasteiger partial charge in [0.2, 0.25) is 0 Å². The molecule has 1 aromatic heterocycles. The quantitative estimate of drug-likeness (QED) is 0.603. The Balaban J connectivity index is 1.76. The summed E-state index contributed by atoms with van der Waals surface area (Å²) in [5.74, 6) is 0. The fourth-order valence-corrected chi connectivity index (χ4v) is 4.70. The molecule has 1 aliphatic carbocycles. The fraction of sp³-hybridized carbons (Fsp3) is 0.500. The molecule has 1 saturated carbocycles. The highest BCUT2D eigenvalue weighted by Gasteiger charge is 2.14. The van der Waals surface area contributed by atoms with Gasteiger partial charge in [-0.3, -0.25) is 4.72 Å². The van der Waals surface area contributed by atoms with E-state index < -0.39 is 0 Å². The zero-order valence-electron chi connectivity index (χ0n) is 11.0. The van der Waals surface area contributed by atoms with Crippen molar-refractivity contribution in [1.82, 2.24) is 9.71 Å². The Bertz CT molecular complexity index is 623. The molecule has 102 valence electrons.